The summed E-state index contributed by atoms with van der Waals surface area (Å²) in [5.74, 6) is 0.502. The van der Waals surface area contributed by atoms with Crippen LogP contribution >= 0.6 is 11.9 Å². The molecule has 0 unspecified atom stereocenters. The Morgan fingerprint density at radius 1 is 1.00 bits per heavy atom. The number of benzene rings is 1. The fraction of sp³-hybridized carbons (Fsp3) is 0.353. The Morgan fingerprint density at radius 3 is 2.54 bits per heavy atom. The Balaban J connectivity index is 1.39. The Morgan fingerprint density at radius 2 is 1.78 bits per heavy atom. The van der Waals surface area contributed by atoms with Gasteiger partial charge in [-0.15, -0.1) is 5.10 Å². The number of aryl methyl sites for hydroxylation is 1. The highest BCUT2D eigenvalue weighted by molar-refractivity contribution is 8.00. The van der Waals surface area contributed by atoms with Gasteiger partial charge in [-0.3, -0.25) is 9.48 Å². The van der Waals surface area contributed by atoms with E-state index in [4.69, 9.17) is 14.7 Å². The molecule has 2 N–H and O–H groups in total. The predicted molar refractivity (Wildman–Crippen MR) is 183 cm³/mol. The molecule has 0 spiro atoms. The van der Waals surface area contributed by atoms with Gasteiger partial charge in [-0.2, -0.15) is 18.3 Å². The van der Waals surface area contributed by atoms with Crippen LogP contribution in [0.2, 0.25) is 0 Å². The van der Waals surface area contributed by atoms with Crippen LogP contribution in [0.1, 0.15) is 34.1 Å². The van der Waals surface area contributed by atoms with Crippen LogP contribution in [0.3, 0.4) is 0 Å². The standard InChI is InChI=1S/C34H36F3N9O3S/c1-32(2,31(47)48)20-44-14-8-15-45-19-22(17-39-45)23-9-5-6-10-24(23)29-30(38-18-25(40-29)43-50-28-12-7-11-26(44)41-28)46-16-13-27(42-46)49-21-33(3,4)34(35,36)37/h5-7,9-13,16-19H,8,14-15,20-21H2,1-4H3,(H,40,43)(H,47,48). The van der Waals surface area contributed by atoms with Gasteiger partial charge in [-0.05, 0) is 51.8 Å². The number of carboxylic acid groups (broad SMARTS) is 1. The Kier molecular flexibility index (Phi) is 9.48. The van der Waals surface area contributed by atoms with Crippen LogP contribution in [0.25, 0.3) is 28.2 Å². The molecular weight excluding hydrogens is 671 g/mol. The number of anilines is 2. The van der Waals surface area contributed by atoms with Crippen LogP contribution in [-0.4, -0.2) is 71.5 Å². The molecule has 262 valence electrons. The Bertz CT molecular complexity index is 1990. The highest BCUT2D eigenvalue weighted by atomic mass is 32.2. The zero-order valence-corrected chi connectivity index (χ0v) is 28.7. The molecule has 0 atom stereocenters. The van der Waals surface area contributed by atoms with E-state index in [1.54, 1.807) is 26.2 Å². The fourth-order valence-electron chi connectivity index (χ4n) is 5.17. The summed E-state index contributed by atoms with van der Waals surface area (Å²) < 4.78 is 52.3. The van der Waals surface area contributed by atoms with Crippen molar-refractivity contribution >= 4 is 29.6 Å². The summed E-state index contributed by atoms with van der Waals surface area (Å²) in [5.41, 5.74) is -0.238. The molecule has 0 radical (unpaired) electrons. The first-order valence-corrected chi connectivity index (χ1v) is 16.6. The molecule has 16 heteroatoms. The molecule has 12 nitrogen and oxygen atoms in total. The molecule has 0 saturated carbocycles. The minimum Gasteiger partial charge on any atom is -0.481 e. The number of aliphatic carboxylic acids is 1. The third kappa shape index (κ3) is 7.54. The second kappa shape index (κ2) is 13.7. The monoisotopic (exact) mass is 707 g/mol. The molecule has 1 aromatic carbocycles. The van der Waals surface area contributed by atoms with E-state index >= 15 is 0 Å². The minimum atomic E-state index is -4.45. The van der Waals surface area contributed by atoms with Crippen molar-refractivity contribution in [1.29, 1.82) is 0 Å². The van der Waals surface area contributed by atoms with Gasteiger partial charge in [-0.1, -0.05) is 30.3 Å². The van der Waals surface area contributed by atoms with Crippen LogP contribution in [0.15, 0.2) is 78.3 Å². The van der Waals surface area contributed by atoms with Crippen molar-refractivity contribution in [3.8, 4) is 34.1 Å². The maximum Gasteiger partial charge on any atom is 0.397 e. The maximum atomic E-state index is 13.4. The molecule has 6 rings (SSSR count). The lowest BCUT2D eigenvalue weighted by atomic mass is 9.93. The van der Waals surface area contributed by atoms with Crippen molar-refractivity contribution in [3.05, 3.63) is 73.3 Å². The molecule has 5 aromatic rings. The zero-order chi connectivity index (χ0) is 35.7. The van der Waals surface area contributed by atoms with E-state index in [0.29, 0.717) is 47.7 Å². The first-order valence-electron chi connectivity index (χ1n) is 15.8. The number of fused-ring (bicyclic) bond motifs is 9. The SMILES string of the molecule is CC(C)(CN1CCCn2cc(cn2)-c2ccccc2-c2nc(cnc2-n2ccc(OCC(C)(C)C(F)(F)F)n2)NSc2cccc1n2)C(=O)O. The number of ether oxygens (including phenoxy) is 1. The summed E-state index contributed by atoms with van der Waals surface area (Å²) in [6.07, 6.45) is 3.03. The third-order valence-electron chi connectivity index (χ3n) is 8.28. The summed E-state index contributed by atoms with van der Waals surface area (Å²) in [7, 11) is 0. The van der Waals surface area contributed by atoms with Gasteiger partial charge in [-0.25, -0.2) is 19.6 Å². The maximum absolute atomic E-state index is 13.4. The highest BCUT2D eigenvalue weighted by Gasteiger charge is 2.48. The fourth-order valence-corrected chi connectivity index (χ4v) is 5.76. The number of hydrogen-bond acceptors (Lipinski definition) is 10. The van der Waals surface area contributed by atoms with Crippen molar-refractivity contribution in [3.63, 3.8) is 0 Å². The van der Waals surface area contributed by atoms with E-state index in [0.717, 1.165) is 30.5 Å². The van der Waals surface area contributed by atoms with Gasteiger partial charge >= 0.3 is 12.1 Å². The van der Waals surface area contributed by atoms with Crippen LogP contribution in [0.4, 0.5) is 24.8 Å². The molecule has 1 aliphatic heterocycles. The number of carboxylic acids is 1. The molecule has 50 heavy (non-hydrogen) atoms. The van der Waals surface area contributed by atoms with Crippen LogP contribution in [0.5, 0.6) is 5.88 Å². The van der Waals surface area contributed by atoms with Gasteiger partial charge in [0, 0.05) is 61.2 Å². The average molecular weight is 708 g/mol. The van der Waals surface area contributed by atoms with Gasteiger partial charge in [0.1, 0.15) is 23.1 Å². The molecule has 0 aliphatic carbocycles. The van der Waals surface area contributed by atoms with E-state index in [1.165, 1.54) is 28.9 Å². The smallest absolute Gasteiger partial charge is 0.397 e. The van der Waals surface area contributed by atoms with E-state index in [1.807, 2.05) is 58.2 Å². The molecular formula is C34H36F3N9O3S. The molecule has 4 aromatic heterocycles. The van der Waals surface area contributed by atoms with Crippen molar-refractivity contribution < 1.29 is 27.8 Å². The van der Waals surface area contributed by atoms with E-state index in [9.17, 15) is 23.1 Å². The summed E-state index contributed by atoms with van der Waals surface area (Å²) in [6.45, 7) is 6.31. The molecule has 6 bridgehead atoms. The van der Waals surface area contributed by atoms with Gasteiger partial charge in [0.25, 0.3) is 0 Å². The number of halogens is 3. The molecule has 0 amide bonds. The minimum absolute atomic E-state index is 0.0136. The predicted octanol–water partition coefficient (Wildman–Crippen LogP) is 7.00. The molecule has 5 heterocycles. The van der Waals surface area contributed by atoms with Gasteiger partial charge < -0.3 is 19.5 Å². The summed E-state index contributed by atoms with van der Waals surface area (Å²) in [6, 6.07) is 14.7. The second-order valence-electron chi connectivity index (χ2n) is 13.2. The average Bonchev–Trinajstić information content (AvgIpc) is 3.75. The van der Waals surface area contributed by atoms with Gasteiger partial charge in [0.05, 0.1) is 23.2 Å². The second-order valence-corrected chi connectivity index (χ2v) is 14.1. The number of nitrogens with one attached hydrogen (secondary N) is 1. The van der Waals surface area contributed by atoms with Gasteiger partial charge in [0.2, 0.25) is 5.88 Å². The number of aromatic nitrogens is 7. The quantitative estimate of drug-likeness (QED) is 0.169. The van der Waals surface area contributed by atoms with Crippen LogP contribution < -0.4 is 14.4 Å². The number of carbonyl (C=O) groups is 1. The molecule has 0 fully saturated rings. The summed E-state index contributed by atoms with van der Waals surface area (Å²) in [5, 5.41) is 19.5. The van der Waals surface area contributed by atoms with Gasteiger partial charge in [0.15, 0.2) is 11.6 Å². The summed E-state index contributed by atoms with van der Waals surface area (Å²) >= 11 is 1.23. The first-order chi connectivity index (χ1) is 23.7. The first kappa shape index (κ1) is 34.7. The normalized spacial score (nSPS) is 14.0. The Labute approximate surface area is 290 Å². The topological polar surface area (TPSA) is 136 Å². The largest absolute Gasteiger partial charge is 0.481 e. The zero-order valence-electron chi connectivity index (χ0n) is 27.8. The van der Waals surface area contributed by atoms with E-state index in [2.05, 4.69) is 19.9 Å². The number of hydrogen-bond donors (Lipinski definition) is 2. The van der Waals surface area contributed by atoms with Crippen molar-refractivity contribution in [2.24, 2.45) is 10.8 Å². The lowest BCUT2D eigenvalue weighted by Gasteiger charge is -2.31. The van der Waals surface area contributed by atoms with Crippen molar-refractivity contribution in [1.82, 2.24) is 34.5 Å². The molecule has 1 aliphatic rings. The van der Waals surface area contributed by atoms with Crippen LogP contribution in [0, 0.1) is 10.8 Å². The van der Waals surface area contributed by atoms with Crippen molar-refractivity contribution in [2.45, 2.75) is 51.9 Å². The summed E-state index contributed by atoms with van der Waals surface area (Å²) in [4.78, 5) is 28.5. The number of alkyl halides is 3. The third-order valence-corrected chi connectivity index (χ3v) is 9.03. The number of nitrogens with zero attached hydrogens (tertiary/aromatic N) is 8. The van der Waals surface area contributed by atoms with E-state index in [-0.39, 0.29) is 12.4 Å². The number of pyridine rings is 1. The van der Waals surface area contributed by atoms with Crippen molar-refractivity contribution in [2.75, 3.05) is 29.3 Å². The van der Waals surface area contributed by atoms with Crippen LogP contribution in [-0.2, 0) is 11.3 Å². The highest BCUT2D eigenvalue weighted by Crippen LogP contribution is 2.38. The lowest BCUT2D eigenvalue weighted by molar-refractivity contribution is -0.219. The Hall–Kier alpha value is -5.12. The van der Waals surface area contributed by atoms with E-state index < -0.39 is 29.6 Å². The lowest BCUT2D eigenvalue weighted by Crippen LogP contribution is -2.40. The molecule has 0 saturated heterocycles. The number of rotatable bonds is 7.